The van der Waals surface area contributed by atoms with Crippen molar-refractivity contribution in [3.8, 4) is 0 Å². The highest BCUT2D eigenvalue weighted by Crippen LogP contribution is 2.57. The number of carbonyl (C=O) groups is 2. The number of hydrogen-bond acceptors (Lipinski definition) is 5. The van der Waals surface area contributed by atoms with E-state index >= 15 is 0 Å². The SMILES string of the molecule is O=C(NC12CC3CC(C1)CC(NC(=O)c1nccs1)(C3)C2)c1ccccn1.[HH]. The molecule has 2 unspecified atom stereocenters. The van der Waals surface area contributed by atoms with Crippen LogP contribution in [0.25, 0.3) is 0 Å². The molecule has 2 N–H and O–H groups in total. The van der Waals surface area contributed by atoms with Crippen LogP contribution < -0.4 is 10.6 Å². The lowest BCUT2D eigenvalue weighted by Gasteiger charge is -2.62. The Balaban J connectivity index is 0.00000192. The second-order valence-corrected chi connectivity index (χ2v) is 9.38. The van der Waals surface area contributed by atoms with E-state index in [1.807, 2.05) is 17.5 Å². The van der Waals surface area contributed by atoms with Gasteiger partial charge < -0.3 is 10.6 Å². The van der Waals surface area contributed by atoms with Crippen molar-refractivity contribution >= 4 is 23.2 Å². The molecule has 2 amide bonds. The largest absolute Gasteiger partial charge is 0.345 e. The molecule has 4 fully saturated rings. The zero-order valence-electron chi connectivity index (χ0n) is 15.0. The van der Waals surface area contributed by atoms with Gasteiger partial charge in [-0.25, -0.2) is 4.98 Å². The van der Waals surface area contributed by atoms with Crippen LogP contribution in [0.2, 0.25) is 0 Å². The monoisotopic (exact) mass is 384 g/mol. The summed E-state index contributed by atoms with van der Waals surface area (Å²) < 4.78 is 0. The number of hydrogen-bond donors (Lipinski definition) is 2. The summed E-state index contributed by atoms with van der Waals surface area (Å²) in [6.45, 7) is 0. The molecule has 4 bridgehead atoms. The molecule has 4 aliphatic carbocycles. The standard InChI is InChI=1S/C20H22N4O2S.H2/c25-16(15-3-1-2-4-21-15)23-19-8-13-7-14(9-19)11-20(10-13,12-19)24-17(26)18-22-5-6-27-18;/h1-6,13-14H,7-12H2,(H,23,25)(H,24,26);1H. The average molecular weight is 385 g/mol. The summed E-state index contributed by atoms with van der Waals surface area (Å²) in [5, 5.41) is 8.95. The van der Waals surface area contributed by atoms with Crippen LogP contribution in [-0.4, -0.2) is 32.9 Å². The highest BCUT2D eigenvalue weighted by molar-refractivity contribution is 7.11. The van der Waals surface area contributed by atoms with E-state index in [0.29, 0.717) is 22.5 Å². The maximum atomic E-state index is 12.8. The normalized spacial score (nSPS) is 33.6. The quantitative estimate of drug-likeness (QED) is 0.849. The van der Waals surface area contributed by atoms with Crippen molar-refractivity contribution in [2.45, 2.75) is 49.6 Å². The average Bonchev–Trinajstić information content (AvgIpc) is 3.15. The first-order valence-electron chi connectivity index (χ1n) is 9.50. The van der Waals surface area contributed by atoms with Crippen molar-refractivity contribution in [3.05, 3.63) is 46.7 Å². The van der Waals surface area contributed by atoms with Crippen molar-refractivity contribution in [2.75, 3.05) is 0 Å². The smallest absolute Gasteiger partial charge is 0.280 e. The number of nitrogens with zero attached hydrogens (tertiary/aromatic N) is 2. The number of pyridine rings is 1. The maximum absolute atomic E-state index is 12.8. The molecule has 0 radical (unpaired) electrons. The third-order valence-electron chi connectivity index (χ3n) is 6.34. The van der Waals surface area contributed by atoms with Crippen LogP contribution in [-0.2, 0) is 0 Å². The fraction of sp³-hybridized carbons (Fsp3) is 0.500. The Morgan fingerprint density at radius 3 is 2.30 bits per heavy atom. The summed E-state index contributed by atoms with van der Waals surface area (Å²) in [5.41, 5.74) is -0.0202. The van der Waals surface area contributed by atoms with Crippen LogP contribution >= 0.6 is 11.3 Å². The second kappa shape index (κ2) is 6.12. The van der Waals surface area contributed by atoms with Crippen LogP contribution in [0.5, 0.6) is 0 Å². The van der Waals surface area contributed by atoms with E-state index in [1.165, 1.54) is 17.8 Å². The predicted octanol–water partition coefficient (Wildman–Crippen LogP) is 3.04. The van der Waals surface area contributed by atoms with Crippen molar-refractivity contribution in [2.24, 2.45) is 11.8 Å². The molecule has 6 rings (SSSR count). The molecule has 6 nitrogen and oxygen atoms in total. The lowest BCUT2D eigenvalue weighted by Crippen LogP contribution is -2.69. The minimum atomic E-state index is -0.241. The van der Waals surface area contributed by atoms with E-state index in [1.54, 1.807) is 18.5 Å². The third-order valence-corrected chi connectivity index (χ3v) is 7.11. The lowest BCUT2D eigenvalue weighted by molar-refractivity contribution is -0.0448. The summed E-state index contributed by atoms with van der Waals surface area (Å²) in [6, 6.07) is 5.39. The molecule has 7 heteroatoms. The van der Waals surface area contributed by atoms with Crippen LogP contribution in [0.1, 0.15) is 60.2 Å². The van der Waals surface area contributed by atoms with Crippen LogP contribution in [0, 0.1) is 11.8 Å². The van der Waals surface area contributed by atoms with Crippen molar-refractivity contribution in [1.29, 1.82) is 0 Å². The van der Waals surface area contributed by atoms with Gasteiger partial charge in [0.2, 0.25) is 0 Å². The Morgan fingerprint density at radius 2 is 1.70 bits per heavy atom. The summed E-state index contributed by atoms with van der Waals surface area (Å²) >= 11 is 1.37. The van der Waals surface area contributed by atoms with Crippen LogP contribution in [0.3, 0.4) is 0 Å². The number of thiazole rings is 1. The minimum Gasteiger partial charge on any atom is -0.345 e. The Bertz CT molecular complexity index is 860. The molecule has 0 spiro atoms. The molecule has 0 saturated heterocycles. The molecule has 2 aromatic heterocycles. The van der Waals surface area contributed by atoms with E-state index in [-0.39, 0.29) is 24.3 Å². The first-order chi connectivity index (χ1) is 13.0. The van der Waals surface area contributed by atoms with Gasteiger partial charge in [0, 0.05) is 30.3 Å². The van der Waals surface area contributed by atoms with Gasteiger partial charge >= 0.3 is 0 Å². The van der Waals surface area contributed by atoms with Gasteiger partial charge in [-0.2, -0.15) is 0 Å². The van der Waals surface area contributed by atoms with Crippen molar-refractivity contribution in [3.63, 3.8) is 0 Å². The van der Waals surface area contributed by atoms with Gasteiger partial charge in [0.1, 0.15) is 5.69 Å². The summed E-state index contributed by atoms with van der Waals surface area (Å²) in [5.74, 6) is 0.899. The van der Waals surface area contributed by atoms with E-state index in [2.05, 4.69) is 20.6 Å². The van der Waals surface area contributed by atoms with Crippen LogP contribution in [0.15, 0.2) is 36.0 Å². The van der Waals surface area contributed by atoms with Gasteiger partial charge in [0.05, 0.1) is 0 Å². The van der Waals surface area contributed by atoms with E-state index < -0.39 is 0 Å². The fourth-order valence-electron chi connectivity index (χ4n) is 5.99. The Labute approximate surface area is 163 Å². The number of aromatic nitrogens is 2. The molecule has 4 aliphatic rings. The van der Waals surface area contributed by atoms with Crippen molar-refractivity contribution < 1.29 is 11.0 Å². The first kappa shape index (κ1) is 16.9. The molecule has 2 heterocycles. The van der Waals surface area contributed by atoms with Gasteiger partial charge in [-0.05, 0) is 62.5 Å². The number of carbonyl (C=O) groups excluding carboxylic acids is 2. The topological polar surface area (TPSA) is 84.0 Å². The second-order valence-electron chi connectivity index (χ2n) is 8.48. The summed E-state index contributed by atoms with van der Waals surface area (Å²) in [6.07, 6.45) is 9.30. The predicted molar refractivity (Wildman–Crippen MR) is 104 cm³/mol. The Morgan fingerprint density at radius 1 is 1.00 bits per heavy atom. The van der Waals surface area contributed by atoms with E-state index in [9.17, 15) is 9.59 Å². The van der Waals surface area contributed by atoms with Crippen LogP contribution in [0.4, 0.5) is 0 Å². The molecular weight excluding hydrogens is 360 g/mol. The number of nitrogens with one attached hydrogen (secondary N) is 2. The van der Waals surface area contributed by atoms with Gasteiger partial charge in [0.15, 0.2) is 5.01 Å². The number of amides is 2. The molecule has 0 aromatic carbocycles. The molecule has 2 atom stereocenters. The zero-order chi connectivity index (χ0) is 18.5. The van der Waals surface area contributed by atoms with Crippen molar-refractivity contribution in [1.82, 2.24) is 20.6 Å². The minimum absolute atomic E-state index is 0. The van der Waals surface area contributed by atoms with Gasteiger partial charge in [-0.1, -0.05) is 6.07 Å². The van der Waals surface area contributed by atoms with Gasteiger partial charge in [-0.15, -0.1) is 11.3 Å². The third kappa shape index (κ3) is 3.04. The highest BCUT2D eigenvalue weighted by Gasteiger charge is 2.58. The molecule has 2 aromatic rings. The first-order valence-corrected chi connectivity index (χ1v) is 10.4. The highest BCUT2D eigenvalue weighted by atomic mass is 32.1. The Kier molecular flexibility index (Phi) is 3.82. The van der Waals surface area contributed by atoms with E-state index in [0.717, 1.165) is 32.1 Å². The summed E-state index contributed by atoms with van der Waals surface area (Å²) in [7, 11) is 0. The van der Waals surface area contributed by atoms with Gasteiger partial charge in [0.25, 0.3) is 11.8 Å². The molecule has 27 heavy (non-hydrogen) atoms. The fourth-order valence-corrected chi connectivity index (χ4v) is 6.52. The van der Waals surface area contributed by atoms with Gasteiger partial charge in [-0.3, -0.25) is 14.6 Å². The molecule has 142 valence electrons. The number of rotatable bonds is 4. The molecular formula is C20H24N4O2S. The Hall–Kier alpha value is -2.28. The molecule has 0 aliphatic heterocycles. The summed E-state index contributed by atoms with van der Waals surface area (Å²) in [4.78, 5) is 33.8. The zero-order valence-corrected chi connectivity index (χ0v) is 15.8. The van der Waals surface area contributed by atoms with E-state index in [4.69, 9.17) is 0 Å². The molecule has 4 saturated carbocycles. The maximum Gasteiger partial charge on any atom is 0.280 e. The lowest BCUT2D eigenvalue weighted by atomic mass is 9.50.